The van der Waals surface area contributed by atoms with Gasteiger partial charge in [-0.2, -0.15) is 0 Å². The molecule has 124 valence electrons. The minimum Gasteiger partial charge on any atom is -0.496 e. The number of hydrogen-bond acceptors (Lipinski definition) is 6. The lowest BCUT2D eigenvalue weighted by Crippen LogP contribution is -2.41. The molecule has 6 heteroatoms. The van der Waals surface area contributed by atoms with E-state index in [1.807, 2.05) is 0 Å². The van der Waals surface area contributed by atoms with Crippen LogP contribution in [-0.4, -0.2) is 29.9 Å². The van der Waals surface area contributed by atoms with Crippen LogP contribution in [0.2, 0.25) is 0 Å². The second-order valence-corrected chi connectivity index (χ2v) is 5.88. The highest BCUT2D eigenvalue weighted by Gasteiger charge is 2.32. The maximum atomic E-state index is 11.6. The van der Waals surface area contributed by atoms with Crippen molar-refractivity contribution in [1.82, 2.24) is 0 Å². The first-order valence-electron chi connectivity index (χ1n) is 7.21. The summed E-state index contributed by atoms with van der Waals surface area (Å²) in [6.07, 6.45) is -0.665. The van der Waals surface area contributed by atoms with Crippen molar-refractivity contribution in [2.75, 3.05) is 7.11 Å². The number of rotatable bonds is 5. The first-order chi connectivity index (χ1) is 10.7. The topological polar surface area (TPSA) is 86.0 Å². The molecule has 0 saturated heterocycles. The zero-order valence-electron chi connectivity index (χ0n) is 13.6. The Morgan fingerprint density at radius 3 is 2.52 bits per heavy atom. The molecule has 0 spiro atoms. The number of hydrogen-bond donors (Lipinski definition) is 1. The standard InChI is InChI=1S/C17H20O6/c1-10(18)22-14(17(2,3)20)9-12-13(21-4)7-5-11-6-8-15(19)23-16(11)12/h5-8,14,20H,9H2,1-4H3/t14-/m0/s1. The summed E-state index contributed by atoms with van der Waals surface area (Å²) in [5.74, 6) is -0.00830. The van der Waals surface area contributed by atoms with Gasteiger partial charge in [0, 0.05) is 30.4 Å². The van der Waals surface area contributed by atoms with E-state index >= 15 is 0 Å². The van der Waals surface area contributed by atoms with Gasteiger partial charge >= 0.3 is 11.6 Å². The van der Waals surface area contributed by atoms with Crippen LogP contribution >= 0.6 is 0 Å². The largest absolute Gasteiger partial charge is 0.496 e. The third kappa shape index (κ3) is 3.90. The van der Waals surface area contributed by atoms with Crippen LogP contribution in [0.5, 0.6) is 5.75 Å². The second kappa shape index (κ2) is 6.42. The summed E-state index contributed by atoms with van der Waals surface area (Å²) in [5, 5.41) is 11.0. The molecule has 1 aromatic carbocycles. The van der Waals surface area contributed by atoms with E-state index in [-0.39, 0.29) is 6.42 Å². The number of esters is 1. The number of aliphatic hydroxyl groups is 1. The van der Waals surface area contributed by atoms with E-state index < -0.39 is 23.3 Å². The summed E-state index contributed by atoms with van der Waals surface area (Å²) in [7, 11) is 1.50. The predicted molar refractivity (Wildman–Crippen MR) is 84.6 cm³/mol. The van der Waals surface area contributed by atoms with Crippen molar-refractivity contribution in [3.63, 3.8) is 0 Å². The Labute approximate surface area is 133 Å². The normalized spacial score (nSPS) is 12.9. The highest BCUT2D eigenvalue weighted by atomic mass is 16.6. The fourth-order valence-electron chi connectivity index (χ4n) is 2.38. The van der Waals surface area contributed by atoms with Crippen LogP contribution in [0.15, 0.2) is 33.5 Å². The van der Waals surface area contributed by atoms with Gasteiger partial charge in [0.15, 0.2) is 0 Å². The van der Waals surface area contributed by atoms with Crippen molar-refractivity contribution in [3.8, 4) is 5.75 Å². The molecule has 0 aliphatic heterocycles. The molecule has 23 heavy (non-hydrogen) atoms. The molecule has 0 radical (unpaired) electrons. The van der Waals surface area contributed by atoms with E-state index in [0.29, 0.717) is 16.9 Å². The summed E-state index contributed by atoms with van der Waals surface area (Å²) in [6, 6.07) is 6.49. The quantitative estimate of drug-likeness (QED) is 0.670. The smallest absolute Gasteiger partial charge is 0.336 e. The molecule has 2 rings (SSSR count). The van der Waals surface area contributed by atoms with Gasteiger partial charge in [-0.1, -0.05) is 0 Å². The van der Waals surface area contributed by atoms with Gasteiger partial charge in [0.1, 0.15) is 17.4 Å². The monoisotopic (exact) mass is 320 g/mol. The minimum atomic E-state index is -1.27. The Balaban J connectivity index is 2.57. The lowest BCUT2D eigenvalue weighted by Gasteiger charge is -2.29. The molecule has 1 aromatic heterocycles. The Hall–Kier alpha value is -2.34. The van der Waals surface area contributed by atoms with Gasteiger partial charge < -0.3 is 19.0 Å². The molecule has 2 aromatic rings. The molecular formula is C17H20O6. The molecule has 0 amide bonds. The Bertz CT molecular complexity index is 769. The fraction of sp³-hybridized carbons (Fsp3) is 0.412. The Morgan fingerprint density at radius 1 is 1.30 bits per heavy atom. The molecule has 0 saturated carbocycles. The third-order valence-corrected chi connectivity index (χ3v) is 3.56. The van der Waals surface area contributed by atoms with Gasteiger partial charge in [-0.25, -0.2) is 4.79 Å². The van der Waals surface area contributed by atoms with Crippen molar-refractivity contribution in [3.05, 3.63) is 40.2 Å². The van der Waals surface area contributed by atoms with E-state index in [4.69, 9.17) is 13.9 Å². The van der Waals surface area contributed by atoms with Crippen molar-refractivity contribution in [1.29, 1.82) is 0 Å². The first kappa shape index (κ1) is 17.0. The summed E-state index contributed by atoms with van der Waals surface area (Å²) in [6.45, 7) is 4.38. The third-order valence-electron chi connectivity index (χ3n) is 3.56. The van der Waals surface area contributed by atoms with Gasteiger partial charge in [-0.15, -0.1) is 0 Å². The Kier molecular flexibility index (Phi) is 4.75. The molecule has 0 aliphatic carbocycles. The molecule has 0 unspecified atom stereocenters. The van der Waals surface area contributed by atoms with E-state index in [1.165, 1.54) is 20.1 Å². The van der Waals surface area contributed by atoms with Crippen LogP contribution in [0.25, 0.3) is 11.0 Å². The fourth-order valence-corrected chi connectivity index (χ4v) is 2.38. The van der Waals surface area contributed by atoms with Crippen LogP contribution in [0, 0.1) is 0 Å². The lowest BCUT2D eigenvalue weighted by atomic mass is 9.93. The van der Waals surface area contributed by atoms with Crippen LogP contribution in [0.1, 0.15) is 26.3 Å². The molecule has 0 aliphatic rings. The van der Waals surface area contributed by atoms with Crippen molar-refractivity contribution < 1.29 is 23.8 Å². The van der Waals surface area contributed by atoms with Crippen molar-refractivity contribution in [2.45, 2.75) is 38.9 Å². The predicted octanol–water partition coefficient (Wildman–Crippen LogP) is 2.05. The Morgan fingerprint density at radius 2 is 1.96 bits per heavy atom. The maximum absolute atomic E-state index is 11.6. The van der Waals surface area contributed by atoms with Crippen molar-refractivity contribution >= 4 is 16.9 Å². The van der Waals surface area contributed by atoms with Gasteiger partial charge in [-0.05, 0) is 32.0 Å². The summed E-state index contributed by atoms with van der Waals surface area (Å²) in [4.78, 5) is 22.9. The summed E-state index contributed by atoms with van der Waals surface area (Å²) in [5.41, 5.74) is -0.831. The van der Waals surface area contributed by atoms with Crippen LogP contribution < -0.4 is 10.4 Å². The molecular weight excluding hydrogens is 300 g/mol. The minimum absolute atomic E-state index is 0.149. The highest BCUT2D eigenvalue weighted by Crippen LogP contribution is 2.31. The number of carbonyl (C=O) groups excluding carboxylic acids is 1. The summed E-state index contributed by atoms with van der Waals surface area (Å²) < 4.78 is 15.9. The van der Waals surface area contributed by atoms with E-state index in [0.717, 1.165) is 5.39 Å². The lowest BCUT2D eigenvalue weighted by molar-refractivity contribution is -0.159. The average Bonchev–Trinajstić information content (AvgIpc) is 2.45. The van der Waals surface area contributed by atoms with Crippen LogP contribution in [-0.2, 0) is 16.0 Å². The zero-order valence-corrected chi connectivity index (χ0v) is 13.6. The number of benzene rings is 1. The molecule has 1 N–H and O–H groups in total. The van der Waals surface area contributed by atoms with Gasteiger partial charge in [-0.3, -0.25) is 4.79 Å². The zero-order chi connectivity index (χ0) is 17.2. The SMILES string of the molecule is COc1ccc2ccc(=O)oc2c1C[C@H](OC(C)=O)C(C)(C)O. The van der Waals surface area contributed by atoms with E-state index in [9.17, 15) is 14.7 Å². The second-order valence-electron chi connectivity index (χ2n) is 5.88. The first-order valence-corrected chi connectivity index (χ1v) is 7.21. The van der Waals surface area contributed by atoms with Gasteiger partial charge in [0.2, 0.25) is 0 Å². The number of carbonyl (C=O) groups is 1. The molecule has 1 heterocycles. The van der Waals surface area contributed by atoms with Gasteiger partial charge in [0.25, 0.3) is 0 Å². The van der Waals surface area contributed by atoms with Crippen LogP contribution in [0.4, 0.5) is 0 Å². The van der Waals surface area contributed by atoms with Crippen LogP contribution in [0.3, 0.4) is 0 Å². The molecule has 1 atom stereocenters. The average molecular weight is 320 g/mol. The maximum Gasteiger partial charge on any atom is 0.336 e. The molecule has 0 bridgehead atoms. The molecule has 6 nitrogen and oxygen atoms in total. The van der Waals surface area contributed by atoms with E-state index in [1.54, 1.807) is 32.0 Å². The van der Waals surface area contributed by atoms with Gasteiger partial charge in [0.05, 0.1) is 12.7 Å². The van der Waals surface area contributed by atoms with E-state index in [2.05, 4.69) is 0 Å². The number of methoxy groups -OCH3 is 1. The highest BCUT2D eigenvalue weighted by molar-refractivity contribution is 5.82. The number of ether oxygens (including phenoxy) is 2. The molecule has 0 fully saturated rings. The number of fused-ring (bicyclic) bond motifs is 1. The summed E-state index contributed by atoms with van der Waals surface area (Å²) >= 11 is 0. The van der Waals surface area contributed by atoms with Crippen molar-refractivity contribution in [2.24, 2.45) is 0 Å².